The molecule has 4 rings (SSSR count). The van der Waals surface area contributed by atoms with Crippen molar-refractivity contribution in [3.05, 3.63) is 29.7 Å². The van der Waals surface area contributed by atoms with Gasteiger partial charge in [0.2, 0.25) is 0 Å². The molecule has 0 spiro atoms. The van der Waals surface area contributed by atoms with E-state index in [-0.39, 0.29) is 0 Å². The van der Waals surface area contributed by atoms with Crippen LogP contribution in [-0.2, 0) is 0 Å². The number of allylic oxidation sites excluding steroid dienone is 1. The lowest BCUT2D eigenvalue weighted by atomic mass is 9.77. The zero-order valence-corrected chi connectivity index (χ0v) is 17.6. The van der Waals surface area contributed by atoms with Gasteiger partial charge in [-0.25, -0.2) is 5.43 Å². The van der Waals surface area contributed by atoms with Gasteiger partial charge in [0.25, 0.3) is 0 Å². The maximum Gasteiger partial charge on any atom is 0.157 e. The summed E-state index contributed by atoms with van der Waals surface area (Å²) < 4.78 is 11.4. The molecule has 2 aliphatic carbocycles. The first kappa shape index (κ1) is 20.2. The molecule has 3 aliphatic rings. The van der Waals surface area contributed by atoms with Crippen molar-refractivity contribution in [1.82, 2.24) is 15.4 Å². The van der Waals surface area contributed by atoms with E-state index in [1.165, 1.54) is 50.6 Å². The Labute approximate surface area is 173 Å². The lowest BCUT2D eigenvalue weighted by Crippen LogP contribution is -2.45. The minimum absolute atomic E-state index is 0.387. The van der Waals surface area contributed by atoms with Crippen LogP contribution in [-0.4, -0.2) is 42.1 Å². The molecule has 3 atom stereocenters. The zero-order valence-electron chi connectivity index (χ0n) is 17.6. The highest BCUT2D eigenvalue weighted by atomic mass is 16.5. The van der Waals surface area contributed by atoms with Crippen LogP contribution in [0.1, 0.15) is 68.6 Å². The van der Waals surface area contributed by atoms with Gasteiger partial charge in [-0.05, 0) is 38.7 Å². The van der Waals surface area contributed by atoms with Crippen LogP contribution in [0.4, 0.5) is 0 Å². The second-order valence-electron chi connectivity index (χ2n) is 8.65. The highest BCUT2D eigenvalue weighted by molar-refractivity contribution is 5.83. The largest absolute Gasteiger partial charge is 0.494 e. The molecule has 29 heavy (non-hydrogen) atoms. The lowest BCUT2D eigenvalue weighted by Gasteiger charge is -2.39. The minimum atomic E-state index is 0.387. The number of nitrogens with one attached hydrogen (secondary N) is 1. The number of aldehydes is 1. The topological polar surface area (TPSA) is 63.7 Å². The average Bonchev–Trinajstić information content (AvgIpc) is 3.41. The molecule has 0 radical (unpaired) electrons. The van der Waals surface area contributed by atoms with Crippen molar-refractivity contribution in [3.63, 3.8) is 0 Å². The number of methoxy groups -OCH3 is 1. The molecule has 0 bridgehead atoms. The first-order chi connectivity index (χ1) is 14.2. The van der Waals surface area contributed by atoms with Crippen LogP contribution in [0.15, 0.2) is 24.2 Å². The van der Waals surface area contributed by atoms with Gasteiger partial charge in [-0.1, -0.05) is 25.7 Å². The van der Waals surface area contributed by atoms with Crippen LogP contribution < -0.4 is 14.9 Å². The number of rotatable bonds is 7. The van der Waals surface area contributed by atoms with Crippen LogP contribution >= 0.6 is 0 Å². The SMILES string of the molecule is COc1cncc(OCC2CCCCC2C2=CC(C)NN2C2CCCC2)c1C=O. The second-order valence-corrected chi connectivity index (χ2v) is 8.65. The van der Waals surface area contributed by atoms with Crippen molar-refractivity contribution >= 4 is 6.29 Å². The first-order valence-electron chi connectivity index (χ1n) is 11.1. The van der Waals surface area contributed by atoms with Gasteiger partial charge in [0, 0.05) is 29.6 Å². The van der Waals surface area contributed by atoms with Crippen molar-refractivity contribution in [1.29, 1.82) is 0 Å². The van der Waals surface area contributed by atoms with E-state index in [2.05, 4.69) is 28.4 Å². The molecule has 158 valence electrons. The molecule has 2 heterocycles. The third-order valence-corrected chi connectivity index (χ3v) is 6.73. The van der Waals surface area contributed by atoms with Gasteiger partial charge in [0.05, 0.1) is 26.1 Å². The third kappa shape index (κ3) is 4.27. The van der Waals surface area contributed by atoms with E-state index in [1.807, 2.05) is 0 Å². The van der Waals surface area contributed by atoms with Crippen molar-refractivity contribution < 1.29 is 14.3 Å². The molecule has 2 saturated carbocycles. The van der Waals surface area contributed by atoms with Crippen molar-refractivity contribution in [2.75, 3.05) is 13.7 Å². The summed E-state index contributed by atoms with van der Waals surface area (Å²) in [6.45, 7) is 2.84. The van der Waals surface area contributed by atoms with Crippen LogP contribution in [0.25, 0.3) is 0 Å². The lowest BCUT2D eigenvalue weighted by molar-refractivity contribution is 0.107. The second kappa shape index (κ2) is 9.16. The number of hydrogen-bond acceptors (Lipinski definition) is 6. The van der Waals surface area contributed by atoms with Gasteiger partial charge < -0.3 is 14.5 Å². The minimum Gasteiger partial charge on any atom is -0.494 e. The van der Waals surface area contributed by atoms with E-state index in [0.29, 0.717) is 47.6 Å². The smallest absolute Gasteiger partial charge is 0.157 e. The van der Waals surface area contributed by atoms with E-state index in [1.54, 1.807) is 19.5 Å². The Hall–Kier alpha value is -2.08. The third-order valence-electron chi connectivity index (χ3n) is 6.73. The van der Waals surface area contributed by atoms with Gasteiger partial charge in [-0.3, -0.25) is 9.78 Å². The summed E-state index contributed by atoms with van der Waals surface area (Å²) in [5.41, 5.74) is 5.61. The number of hydrogen-bond donors (Lipinski definition) is 1. The molecule has 1 aromatic rings. The molecule has 0 aromatic carbocycles. The summed E-state index contributed by atoms with van der Waals surface area (Å²) in [6.07, 6.45) is 16.5. The Balaban J connectivity index is 1.49. The highest BCUT2D eigenvalue weighted by Gasteiger charge is 2.37. The highest BCUT2D eigenvalue weighted by Crippen LogP contribution is 2.41. The van der Waals surface area contributed by atoms with Crippen molar-refractivity contribution in [2.45, 2.75) is 70.4 Å². The van der Waals surface area contributed by atoms with E-state index < -0.39 is 0 Å². The maximum atomic E-state index is 11.5. The molecule has 6 nitrogen and oxygen atoms in total. The number of carbonyl (C=O) groups is 1. The maximum absolute atomic E-state index is 11.5. The Morgan fingerprint density at radius 1 is 1.14 bits per heavy atom. The molecule has 1 aliphatic heterocycles. The molecule has 1 aromatic heterocycles. The summed E-state index contributed by atoms with van der Waals surface area (Å²) in [6, 6.07) is 1.01. The normalized spacial score (nSPS) is 27.7. The fourth-order valence-electron chi connectivity index (χ4n) is 5.27. The number of pyridine rings is 1. The van der Waals surface area contributed by atoms with E-state index in [4.69, 9.17) is 9.47 Å². The Bertz CT molecular complexity index is 745. The van der Waals surface area contributed by atoms with Gasteiger partial charge in [0.15, 0.2) is 17.8 Å². The summed E-state index contributed by atoms with van der Waals surface area (Å²) in [5.74, 6) is 1.92. The van der Waals surface area contributed by atoms with Crippen LogP contribution in [0, 0.1) is 11.8 Å². The van der Waals surface area contributed by atoms with Gasteiger partial charge >= 0.3 is 0 Å². The molecular formula is C23H33N3O3. The number of ether oxygens (including phenoxy) is 2. The summed E-state index contributed by atoms with van der Waals surface area (Å²) in [4.78, 5) is 15.7. The number of carbonyl (C=O) groups excluding carboxylic acids is 1. The van der Waals surface area contributed by atoms with Gasteiger partial charge in [0.1, 0.15) is 5.56 Å². The molecule has 1 N–H and O–H groups in total. The fraction of sp³-hybridized carbons (Fsp3) is 0.652. The summed E-state index contributed by atoms with van der Waals surface area (Å²) in [5, 5.41) is 2.49. The Kier molecular flexibility index (Phi) is 6.38. The zero-order chi connectivity index (χ0) is 20.2. The predicted molar refractivity (Wildman–Crippen MR) is 112 cm³/mol. The Morgan fingerprint density at radius 3 is 2.62 bits per heavy atom. The van der Waals surface area contributed by atoms with E-state index in [0.717, 1.165) is 12.7 Å². The van der Waals surface area contributed by atoms with Gasteiger partial charge in [-0.15, -0.1) is 0 Å². The average molecular weight is 400 g/mol. The standard InChI is InChI=1S/C23H33N3O3/c1-16-11-21(26(25-16)18-8-4-5-9-18)19-10-6-3-7-17(19)15-29-23-13-24-12-22(28-2)20(23)14-27/h11-14,16-19,25H,3-10,15H2,1-2H3. The number of aromatic nitrogens is 1. The monoisotopic (exact) mass is 399 g/mol. The van der Waals surface area contributed by atoms with E-state index in [9.17, 15) is 4.79 Å². The van der Waals surface area contributed by atoms with Crippen molar-refractivity contribution in [3.8, 4) is 11.5 Å². The quantitative estimate of drug-likeness (QED) is 0.696. The molecule has 0 amide bonds. The number of hydrazine groups is 1. The molecule has 6 heteroatoms. The summed E-state index contributed by atoms with van der Waals surface area (Å²) in [7, 11) is 1.54. The molecule has 2 fully saturated rings. The first-order valence-corrected chi connectivity index (χ1v) is 11.1. The Morgan fingerprint density at radius 2 is 1.86 bits per heavy atom. The number of nitrogens with zero attached hydrogens (tertiary/aromatic N) is 2. The van der Waals surface area contributed by atoms with Gasteiger partial charge in [-0.2, -0.15) is 0 Å². The predicted octanol–water partition coefficient (Wildman–Crippen LogP) is 4.12. The van der Waals surface area contributed by atoms with E-state index >= 15 is 0 Å². The summed E-state index contributed by atoms with van der Waals surface area (Å²) >= 11 is 0. The van der Waals surface area contributed by atoms with Crippen LogP contribution in [0.2, 0.25) is 0 Å². The molecular weight excluding hydrogens is 366 g/mol. The van der Waals surface area contributed by atoms with Crippen molar-refractivity contribution in [2.24, 2.45) is 11.8 Å². The van der Waals surface area contributed by atoms with Crippen LogP contribution in [0.5, 0.6) is 11.5 Å². The van der Waals surface area contributed by atoms with Crippen LogP contribution in [0.3, 0.4) is 0 Å². The molecule has 0 saturated heterocycles. The molecule has 3 unspecified atom stereocenters. The fourth-order valence-corrected chi connectivity index (χ4v) is 5.27.